The first-order valence-corrected chi connectivity index (χ1v) is 8.45. The lowest BCUT2D eigenvalue weighted by Crippen LogP contribution is -2.30. The van der Waals surface area contributed by atoms with Crippen LogP contribution in [0.25, 0.3) is 5.69 Å². The molecule has 2 heterocycles. The van der Waals surface area contributed by atoms with Gasteiger partial charge in [-0.05, 0) is 46.7 Å². The molecule has 0 bridgehead atoms. The summed E-state index contributed by atoms with van der Waals surface area (Å²) in [5, 5.41) is 7.94. The zero-order valence-corrected chi connectivity index (χ0v) is 14.3. The molecule has 0 aliphatic heterocycles. The van der Waals surface area contributed by atoms with Crippen molar-refractivity contribution in [2.24, 2.45) is 0 Å². The highest BCUT2D eigenvalue weighted by Crippen LogP contribution is 2.10. The lowest BCUT2D eigenvalue weighted by molar-refractivity contribution is -0.133. The number of hydrogen-bond acceptors (Lipinski definition) is 6. The second-order valence-electron chi connectivity index (χ2n) is 5.34. The predicted molar refractivity (Wildman–Crippen MR) is 92.4 cm³/mol. The molecule has 25 heavy (non-hydrogen) atoms. The topological polar surface area (TPSA) is 77.3 Å². The van der Waals surface area contributed by atoms with E-state index in [9.17, 15) is 9.59 Å². The number of rotatable bonds is 6. The van der Waals surface area contributed by atoms with Crippen molar-refractivity contribution < 1.29 is 14.3 Å². The maximum absolute atomic E-state index is 12.1. The van der Waals surface area contributed by atoms with Gasteiger partial charge in [0, 0.05) is 13.6 Å². The van der Waals surface area contributed by atoms with Crippen LogP contribution in [0.3, 0.4) is 0 Å². The van der Waals surface area contributed by atoms with Gasteiger partial charge in [-0.25, -0.2) is 14.5 Å². The Morgan fingerprint density at radius 2 is 2.04 bits per heavy atom. The molecule has 0 unspecified atom stereocenters. The highest BCUT2D eigenvalue weighted by atomic mass is 32.1. The van der Waals surface area contributed by atoms with E-state index in [1.54, 1.807) is 53.7 Å². The number of amides is 1. The van der Waals surface area contributed by atoms with Gasteiger partial charge in [0.25, 0.3) is 5.91 Å². The Kier molecular flexibility index (Phi) is 5.20. The molecule has 0 aliphatic carbocycles. The van der Waals surface area contributed by atoms with Crippen LogP contribution in [0.15, 0.2) is 53.7 Å². The van der Waals surface area contributed by atoms with Crippen LogP contribution in [-0.4, -0.2) is 45.2 Å². The Morgan fingerprint density at radius 3 is 2.68 bits per heavy atom. The molecule has 0 saturated heterocycles. The minimum atomic E-state index is -0.539. The Balaban J connectivity index is 1.52. The van der Waals surface area contributed by atoms with E-state index in [1.807, 2.05) is 16.8 Å². The number of likely N-dealkylation sites (N-methyl/N-ethyl adjacent to an activating group) is 1. The average Bonchev–Trinajstić information content (AvgIpc) is 3.33. The smallest absolute Gasteiger partial charge is 0.338 e. The lowest BCUT2D eigenvalue weighted by atomic mass is 10.2. The highest BCUT2D eigenvalue weighted by Gasteiger charge is 2.14. The third-order valence-corrected chi connectivity index (χ3v) is 4.27. The third-order valence-electron chi connectivity index (χ3n) is 3.54. The second kappa shape index (κ2) is 7.71. The monoisotopic (exact) mass is 356 g/mol. The number of nitrogens with zero attached hydrogens (tertiary/aromatic N) is 4. The van der Waals surface area contributed by atoms with Crippen molar-refractivity contribution in [1.82, 2.24) is 19.7 Å². The van der Waals surface area contributed by atoms with Crippen molar-refractivity contribution in [2.45, 2.75) is 6.54 Å². The number of benzene rings is 1. The molecule has 0 saturated carbocycles. The quantitative estimate of drug-likeness (QED) is 0.633. The van der Waals surface area contributed by atoms with Crippen LogP contribution in [-0.2, 0) is 16.1 Å². The van der Waals surface area contributed by atoms with E-state index in [-0.39, 0.29) is 12.5 Å². The van der Waals surface area contributed by atoms with E-state index < -0.39 is 5.97 Å². The SMILES string of the molecule is CN(Cc1ccsc1)C(=O)COC(=O)c1ccc(-n2cncn2)cc1. The zero-order chi connectivity index (χ0) is 17.6. The molecule has 2 aromatic heterocycles. The van der Waals surface area contributed by atoms with Gasteiger partial charge < -0.3 is 9.64 Å². The number of hydrogen-bond donors (Lipinski definition) is 0. The lowest BCUT2D eigenvalue weighted by Gasteiger charge is -2.16. The van der Waals surface area contributed by atoms with Crippen molar-refractivity contribution in [1.29, 1.82) is 0 Å². The fraction of sp³-hybridized carbons (Fsp3) is 0.176. The van der Waals surface area contributed by atoms with Crippen molar-refractivity contribution >= 4 is 23.2 Å². The molecular formula is C17H16N4O3S. The molecule has 8 heteroatoms. The molecule has 0 radical (unpaired) electrons. The van der Waals surface area contributed by atoms with Crippen LogP contribution >= 0.6 is 11.3 Å². The largest absolute Gasteiger partial charge is 0.452 e. The van der Waals surface area contributed by atoms with Gasteiger partial charge in [0.2, 0.25) is 0 Å². The van der Waals surface area contributed by atoms with Crippen molar-refractivity contribution in [2.75, 3.05) is 13.7 Å². The normalized spacial score (nSPS) is 10.4. The Bertz CT molecular complexity index is 829. The summed E-state index contributed by atoms with van der Waals surface area (Å²) in [6, 6.07) is 8.67. The molecule has 3 aromatic rings. The Hall–Kier alpha value is -3.00. The van der Waals surface area contributed by atoms with E-state index in [0.29, 0.717) is 12.1 Å². The van der Waals surface area contributed by atoms with Gasteiger partial charge >= 0.3 is 5.97 Å². The first kappa shape index (κ1) is 16.8. The molecule has 0 N–H and O–H groups in total. The van der Waals surface area contributed by atoms with Gasteiger partial charge in [-0.1, -0.05) is 0 Å². The number of aromatic nitrogens is 3. The van der Waals surface area contributed by atoms with Gasteiger partial charge in [0.15, 0.2) is 6.61 Å². The molecule has 7 nitrogen and oxygen atoms in total. The predicted octanol–water partition coefficient (Wildman–Crippen LogP) is 2.14. The molecular weight excluding hydrogens is 340 g/mol. The van der Waals surface area contributed by atoms with Crippen LogP contribution < -0.4 is 0 Å². The van der Waals surface area contributed by atoms with E-state index in [0.717, 1.165) is 11.3 Å². The van der Waals surface area contributed by atoms with E-state index in [4.69, 9.17) is 4.74 Å². The number of carbonyl (C=O) groups is 2. The van der Waals surface area contributed by atoms with Crippen molar-refractivity contribution in [3.05, 3.63) is 64.9 Å². The zero-order valence-electron chi connectivity index (χ0n) is 13.5. The maximum atomic E-state index is 12.1. The summed E-state index contributed by atoms with van der Waals surface area (Å²) in [5.74, 6) is -0.791. The minimum absolute atomic E-state index is 0.251. The molecule has 0 spiro atoms. The van der Waals surface area contributed by atoms with Crippen LogP contribution in [0.1, 0.15) is 15.9 Å². The molecule has 128 valence electrons. The summed E-state index contributed by atoms with van der Waals surface area (Å²) in [6.45, 7) is 0.205. The standard InChI is InChI=1S/C17H16N4O3S/c1-20(8-13-6-7-25-10-13)16(22)9-24-17(23)14-2-4-15(5-3-14)21-12-18-11-19-21/h2-7,10-12H,8-9H2,1H3. The van der Waals surface area contributed by atoms with Gasteiger partial charge in [-0.3, -0.25) is 4.79 Å². The van der Waals surface area contributed by atoms with Gasteiger partial charge in [0.1, 0.15) is 12.7 Å². The fourth-order valence-electron chi connectivity index (χ4n) is 2.16. The fourth-order valence-corrected chi connectivity index (χ4v) is 2.82. The summed E-state index contributed by atoms with van der Waals surface area (Å²) in [5.41, 5.74) is 2.20. The van der Waals surface area contributed by atoms with E-state index in [1.165, 1.54) is 11.2 Å². The summed E-state index contributed by atoms with van der Waals surface area (Å²) in [6.07, 6.45) is 3.00. The van der Waals surface area contributed by atoms with Gasteiger partial charge in [0.05, 0.1) is 11.3 Å². The van der Waals surface area contributed by atoms with E-state index in [2.05, 4.69) is 10.1 Å². The van der Waals surface area contributed by atoms with Crippen LogP contribution in [0.5, 0.6) is 0 Å². The molecule has 1 aromatic carbocycles. The number of esters is 1. The molecule has 0 atom stereocenters. The third kappa shape index (κ3) is 4.30. The first-order valence-electron chi connectivity index (χ1n) is 7.51. The highest BCUT2D eigenvalue weighted by molar-refractivity contribution is 7.07. The van der Waals surface area contributed by atoms with E-state index >= 15 is 0 Å². The summed E-state index contributed by atoms with van der Waals surface area (Å²) >= 11 is 1.58. The Morgan fingerprint density at radius 1 is 1.24 bits per heavy atom. The van der Waals surface area contributed by atoms with Gasteiger partial charge in [-0.2, -0.15) is 16.4 Å². The molecule has 1 amide bonds. The number of carbonyl (C=O) groups excluding carboxylic acids is 2. The summed E-state index contributed by atoms with van der Waals surface area (Å²) in [4.78, 5) is 29.5. The minimum Gasteiger partial charge on any atom is -0.452 e. The van der Waals surface area contributed by atoms with Crippen LogP contribution in [0, 0.1) is 0 Å². The number of ether oxygens (including phenoxy) is 1. The molecule has 0 fully saturated rings. The molecule has 0 aliphatic rings. The van der Waals surface area contributed by atoms with Crippen LogP contribution in [0.2, 0.25) is 0 Å². The first-order chi connectivity index (χ1) is 12.1. The summed E-state index contributed by atoms with van der Waals surface area (Å²) < 4.78 is 6.68. The summed E-state index contributed by atoms with van der Waals surface area (Å²) in [7, 11) is 1.68. The maximum Gasteiger partial charge on any atom is 0.338 e. The van der Waals surface area contributed by atoms with Crippen LogP contribution in [0.4, 0.5) is 0 Å². The number of thiophene rings is 1. The van der Waals surface area contributed by atoms with Crippen molar-refractivity contribution in [3.63, 3.8) is 0 Å². The Labute approximate surface area is 148 Å². The molecule has 3 rings (SSSR count). The average molecular weight is 356 g/mol. The van der Waals surface area contributed by atoms with Crippen molar-refractivity contribution in [3.8, 4) is 5.69 Å². The van der Waals surface area contributed by atoms with Gasteiger partial charge in [-0.15, -0.1) is 0 Å². The second-order valence-corrected chi connectivity index (χ2v) is 6.12.